The van der Waals surface area contributed by atoms with Crippen LogP contribution in [0.4, 0.5) is 17.6 Å². The van der Waals surface area contributed by atoms with E-state index in [4.69, 9.17) is 11.6 Å². The van der Waals surface area contributed by atoms with Crippen LogP contribution in [0.5, 0.6) is 0 Å². The molecule has 0 saturated carbocycles. The molecule has 2 N–H and O–H groups in total. The Labute approximate surface area is 131 Å². The monoisotopic (exact) mass is 339 g/mol. The van der Waals surface area contributed by atoms with Gasteiger partial charge in [-0.2, -0.15) is 13.2 Å². The van der Waals surface area contributed by atoms with Crippen molar-refractivity contribution in [3.05, 3.63) is 34.6 Å². The number of hydrogen-bond donors (Lipinski definition) is 2. The first kappa shape index (κ1) is 18.5. The van der Waals surface area contributed by atoms with Gasteiger partial charge in [-0.3, -0.25) is 4.99 Å². The molecule has 0 radical (unpaired) electrons. The van der Waals surface area contributed by atoms with Gasteiger partial charge in [-0.1, -0.05) is 17.7 Å². The van der Waals surface area contributed by atoms with E-state index in [1.807, 2.05) is 6.92 Å². The molecule has 0 saturated heterocycles. The second-order valence-corrected chi connectivity index (χ2v) is 4.95. The fourth-order valence-corrected chi connectivity index (χ4v) is 1.94. The lowest BCUT2D eigenvalue weighted by molar-refractivity contribution is -0.132. The Kier molecular flexibility index (Phi) is 7.44. The van der Waals surface area contributed by atoms with Crippen LogP contribution in [0.25, 0.3) is 0 Å². The summed E-state index contributed by atoms with van der Waals surface area (Å²) in [5, 5.41) is 6.09. The molecule has 0 spiro atoms. The lowest BCUT2D eigenvalue weighted by Crippen LogP contribution is -2.38. The highest BCUT2D eigenvalue weighted by Gasteiger charge is 2.26. The molecule has 0 aliphatic heterocycles. The molecule has 0 unspecified atom stereocenters. The molecule has 1 aromatic rings. The van der Waals surface area contributed by atoms with E-state index in [9.17, 15) is 17.6 Å². The van der Waals surface area contributed by atoms with Crippen LogP contribution >= 0.6 is 11.6 Å². The van der Waals surface area contributed by atoms with Crippen molar-refractivity contribution in [2.24, 2.45) is 4.99 Å². The average molecular weight is 340 g/mol. The number of guanidine groups is 1. The summed E-state index contributed by atoms with van der Waals surface area (Å²) < 4.78 is 49.2. The fourth-order valence-electron chi connectivity index (χ4n) is 1.68. The van der Waals surface area contributed by atoms with E-state index < -0.39 is 18.4 Å². The number of aliphatic imine (C=N–C) groups is 1. The van der Waals surface area contributed by atoms with Crippen molar-refractivity contribution in [3.63, 3.8) is 0 Å². The number of rotatable bonds is 6. The lowest BCUT2D eigenvalue weighted by Gasteiger charge is -2.12. The topological polar surface area (TPSA) is 36.4 Å². The molecular formula is C14H18ClF4N3. The van der Waals surface area contributed by atoms with Crippen molar-refractivity contribution in [2.75, 3.05) is 19.6 Å². The third-order valence-corrected chi connectivity index (χ3v) is 3.06. The molecule has 0 amide bonds. The first-order valence-electron chi connectivity index (χ1n) is 6.84. The highest BCUT2D eigenvalue weighted by molar-refractivity contribution is 6.31. The first-order chi connectivity index (χ1) is 10.3. The summed E-state index contributed by atoms with van der Waals surface area (Å²) in [5.41, 5.74) is 0.752. The van der Waals surface area contributed by atoms with Crippen LogP contribution in [-0.4, -0.2) is 31.8 Å². The van der Waals surface area contributed by atoms with Crippen molar-refractivity contribution in [2.45, 2.75) is 25.9 Å². The maximum Gasteiger partial charge on any atom is 0.390 e. The number of alkyl halides is 3. The summed E-state index contributed by atoms with van der Waals surface area (Å²) >= 11 is 5.90. The second kappa shape index (κ2) is 8.82. The summed E-state index contributed by atoms with van der Waals surface area (Å²) in [6, 6.07) is 4.11. The summed E-state index contributed by atoms with van der Waals surface area (Å²) in [6.45, 7) is 2.44. The fraction of sp³-hybridized carbons (Fsp3) is 0.500. The molecule has 22 heavy (non-hydrogen) atoms. The van der Waals surface area contributed by atoms with E-state index in [0.717, 1.165) is 5.56 Å². The van der Waals surface area contributed by atoms with Crippen LogP contribution in [0.3, 0.4) is 0 Å². The molecule has 124 valence electrons. The molecule has 0 aromatic heterocycles. The van der Waals surface area contributed by atoms with E-state index in [-0.39, 0.29) is 6.54 Å². The molecule has 3 nitrogen and oxygen atoms in total. The molecule has 0 aliphatic rings. The maximum absolute atomic E-state index is 12.9. The number of halogens is 5. The predicted molar refractivity (Wildman–Crippen MR) is 79.8 cm³/mol. The minimum absolute atomic E-state index is 0.310. The smallest absolute Gasteiger partial charge is 0.357 e. The van der Waals surface area contributed by atoms with E-state index >= 15 is 0 Å². The van der Waals surface area contributed by atoms with Gasteiger partial charge in [0.1, 0.15) is 5.82 Å². The second-order valence-electron chi connectivity index (χ2n) is 4.54. The van der Waals surface area contributed by atoms with Crippen molar-refractivity contribution < 1.29 is 17.6 Å². The zero-order valence-corrected chi connectivity index (χ0v) is 12.9. The lowest BCUT2D eigenvalue weighted by atomic mass is 10.1. The minimum atomic E-state index is -4.22. The van der Waals surface area contributed by atoms with Gasteiger partial charge in [-0.25, -0.2) is 4.39 Å². The quantitative estimate of drug-likeness (QED) is 0.472. The van der Waals surface area contributed by atoms with Crippen molar-refractivity contribution in [3.8, 4) is 0 Å². The summed E-state index contributed by atoms with van der Waals surface area (Å²) in [4.78, 5) is 3.85. The Morgan fingerprint density at radius 2 is 2.00 bits per heavy atom. The summed E-state index contributed by atoms with van der Waals surface area (Å²) in [6.07, 6.45) is -4.68. The number of benzene rings is 1. The molecule has 0 fully saturated rings. The number of nitrogens with one attached hydrogen (secondary N) is 2. The standard InChI is InChI=1S/C14H18ClF4N3/c1-2-20-13(22-8-6-14(17,18)19)21-7-5-10-3-4-11(16)9-12(10)15/h3-4,9H,2,5-8H2,1H3,(H2,20,21,22). The Bertz CT molecular complexity index is 503. The minimum Gasteiger partial charge on any atom is -0.357 e. The Morgan fingerprint density at radius 1 is 1.27 bits per heavy atom. The summed E-state index contributed by atoms with van der Waals surface area (Å²) in [5.74, 6) is -0.103. The van der Waals surface area contributed by atoms with Crippen LogP contribution in [0.1, 0.15) is 18.9 Å². The molecule has 0 atom stereocenters. The van der Waals surface area contributed by atoms with Crippen LogP contribution in [0.2, 0.25) is 5.02 Å². The van der Waals surface area contributed by atoms with Crippen molar-refractivity contribution in [1.29, 1.82) is 0 Å². The first-order valence-corrected chi connectivity index (χ1v) is 7.22. The van der Waals surface area contributed by atoms with Gasteiger partial charge >= 0.3 is 6.18 Å². The van der Waals surface area contributed by atoms with Crippen LogP contribution in [0, 0.1) is 5.82 Å². The van der Waals surface area contributed by atoms with Crippen LogP contribution < -0.4 is 10.6 Å². The van der Waals surface area contributed by atoms with Gasteiger partial charge in [0.05, 0.1) is 13.0 Å². The van der Waals surface area contributed by atoms with Gasteiger partial charge in [-0.15, -0.1) is 0 Å². The largest absolute Gasteiger partial charge is 0.390 e. The molecule has 1 aromatic carbocycles. The normalized spacial score (nSPS) is 12.4. The average Bonchev–Trinajstić information content (AvgIpc) is 2.40. The zero-order chi connectivity index (χ0) is 16.6. The molecule has 0 heterocycles. The van der Waals surface area contributed by atoms with Gasteiger partial charge in [0.2, 0.25) is 0 Å². The van der Waals surface area contributed by atoms with Gasteiger partial charge in [0.25, 0.3) is 0 Å². The van der Waals surface area contributed by atoms with E-state index in [1.54, 1.807) is 6.07 Å². The molecule has 1 rings (SSSR count). The Morgan fingerprint density at radius 3 is 2.59 bits per heavy atom. The van der Waals surface area contributed by atoms with Crippen molar-refractivity contribution >= 4 is 17.6 Å². The van der Waals surface area contributed by atoms with Crippen LogP contribution in [-0.2, 0) is 6.42 Å². The van der Waals surface area contributed by atoms with Crippen molar-refractivity contribution in [1.82, 2.24) is 10.6 Å². The maximum atomic E-state index is 12.9. The van der Waals surface area contributed by atoms with Gasteiger partial charge in [-0.05, 0) is 31.0 Å². The third kappa shape index (κ3) is 7.49. The highest BCUT2D eigenvalue weighted by atomic mass is 35.5. The van der Waals surface area contributed by atoms with Crippen LogP contribution in [0.15, 0.2) is 23.2 Å². The molecule has 0 bridgehead atoms. The SMILES string of the molecule is CCNC(=NCCC(F)(F)F)NCCc1ccc(F)cc1Cl. The Hall–Kier alpha value is -1.50. The van der Waals surface area contributed by atoms with Gasteiger partial charge in [0.15, 0.2) is 5.96 Å². The third-order valence-electron chi connectivity index (χ3n) is 2.71. The van der Waals surface area contributed by atoms with E-state index in [1.165, 1.54) is 12.1 Å². The number of nitrogens with zero attached hydrogens (tertiary/aromatic N) is 1. The predicted octanol–water partition coefficient (Wildman–Crippen LogP) is 3.53. The van der Waals surface area contributed by atoms with E-state index in [0.29, 0.717) is 30.5 Å². The molecule has 0 aliphatic carbocycles. The van der Waals surface area contributed by atoms with E-state index in [2.05, 4.69) is 15.6 Å². The molecule has 8 heteroatoms. The number of hydrogen-bond acceptors (Lipinski definition) is 1. The highest BCUT2D eigenvalue weighted by Crippen LogP contribution is 2.19. The van der Waals surface area contributed by atoms with Gasteiger partial charge < -0.3 is 10.6 Å². The summed E-state index contributed by atoms with van der Waals surface area (Å²) in [7, 11) is 0. The molecular weight excluding hydrogens is 322 g/mol. The Balaban J connectivity index is 2.48. The zero-order valence-electron chi connectivity index (χ0n) is 12.1. The van der Waals surface area contributed by atoms with Gasteiger partial charge in [0, 0.05) is 18.1 Å².